The molecule has 3 aromatic rings. The molecule has 1 heterocycles. The van der Waals surface area contributed by atoms with Gasteiger partial charge in [0.1, 0.15) is 0 Å². The number of anilines is 1. The van der Waals surface area contributed by atoms with E-state index < -0.39 is 0 Å². The Hall–Kier alpha value is -2.36. The first kappa shape index (κ1) is 18.0. The van der Waals surface area contributed by atoms with Crippen LogP contribution >= 0.6 is 11.6 Å². The number of nitrogens with zero attached hydrogens (tertiary/aromatic N) is 1. The van der Waals surface area contributed by atoms with Crippen LogP contribution in [0.2, 0.25) is 5.02 Å². The van der Waals surface area contributed by atoms with Gasteiger partial charge in [0.05, 0.1) is 0 Å². The van der Waals surface area contributed by atoms with Crippen LogP contribution in [-0.2, 0) is 11.3 Å². The number of fused-ring (bicyclic) bond motifs is 1. The lowest BCUT2D eigenvalue weighted by Gasteiger charge is -2.31. The van der Waals surface area contributed by atoms with Gasteiger partial charge in [-0.05, 0) is 49.0 Å². The first-order chi connectivity index (χ1) is 13.2. The van der Waals surface area contributed by atoms with E-state index in [2.05, 4.69) is 34.5 Å². The first-order valence-electron chi connectivity index (χ1n) is 9.45. The van der Waals surface area contributed by atoms with Gasteiger partial charge in [-0.25, -0.2) is 0 Å². The zero-order chi connectivity index (χ0) is 18.6. The van der Waals surface area contributed by atoms with E-state index in [-0.39, 0.29) is 11.8 Å². The van der Waals surface area contributed by atoms with Crippen LogP contribution in [0.3, 0.4) is 0 Å². The van der Waals surface area contributed by atoms with Crippen molar-refractivity contribution in [3.8, 4) is 0 Å². The van der Waals surface area contributed by atoms with Crippen molar-refractivity contribution in [3.63, 3.8) is 0 Å². The quantitative estimate of drug-likeness (QED) is 0.664. The largest absolute Gasteiger partial charge is 0.325 e. The van der Waals surface area contributed by atoms with Gasteiger partial charge >= 0.3 is 0 Å². The van der Waals surface area contributed by atoms with Gasteiger partial charge < -0.3 is 5.32 Å². The molecule has 0 radical (unpaired) electrons. The molecule has 3 nitrogen and oxygen atoms in total. The van der Waals surface area contributed by atoms with Crippen molar-refractivity contribution in [3.05, 3.63) is 77.3 Å². The van der Waals surface area contributed by atoms with Crippen LogP contribution in [0.4, 0.5) is 5.69 Å². The molecule has 0 saturated carbocycles. The zero-order valence-corrected chi connectivity index (χ0v) is 16.0. The molecular formula is C23H23ClN2O. The molecule has 27 heavy (non-hydrogen) atoms. The highest BCUT2D eigenvalue weighted by molar-refractivity contribution is 6.31. The van der Waals surface area contributed by atoms with E-state index in [1.807, 2.05) is 42.5 Å². The van der Waals surface area contributed by atoms with Crippen molar-refractivity contribution in [1.29, 1.82) is 0 Å². The van der Waals surface area contributed by atoms with Crippen molar-refractivity contribution >= 4 is 34.0 Å². The number of hydrogen-bond donors (Lipinski definition) is 1. The smallest absolute Gasteiger partial charge is 0.227 e. The highest BCUT2D eigenvalue weighted by Gasteiger charge is 2.25. The van der Waals surface area contributed by atoms with Gasteiger partial charge in [-0.3, -0.25) is 9.69 Å². The second-order valence-corrected chi connectivity index (χ2v) is 7.56. The third-order valence-corrected chi connectivity index (χ3v) is 5.73. The molecule has 0 atom stereocenters. The molecule has 0 unspecified atom stereocenters. The molecule has 1 saturated heterocycles. The summed E-state index contributed by atoms with van der Waals surface area (Å²) in [6.07, 6.45) is 1.75. The summed E-state index contributed by atoms with van der Waals surface area (Å²) >= 11 is 6.27. The lowest BCUT2D eigenvalue weighted by atomic mass is 9.95. The molecule has 0 spiro atoms. The molecule has 0 aromatic heterocycles. The maximum absolute atomic E-state index is 12.8. The van der Waals surface area contributed by atoms with Gasteiger partial charge in [-0.2, -0.15) is 0 Å². The summed E-state index contributed by atoms with van der Waals surface area (Å²) in [4.78, 5) is 15.2. The van der Waals surface area contributed by atoms with Crippen LogP contribution in [-0.4, -0.2) is 23.9 Å². The number of amides is 1. The van der Waals surface area contributed by atoms with Gasteiger partial charge in [-0.15, -0.1) is 0 Å². The summed E-state index contributed by atoms with van der Waals surface area (Å²) in [5.74, 6) is 0.190. The molecule has 1 aliphatic heterocycles. The number of nitrogens with one attached hydrogen (secondary N) is 1. The Kier molecular flexibility index (Phi) is 5.42. The third-order valence-electron chi connectivity index (χ3n) is 5.36. The lowest BCUT2D eigenvalue weighted by molar-refractivity contribution is -0.121. The molecule has 4 rings (SSSR count). The number of carbonyl (C=O) groups excluding carboxylic acids is 1. The normalized spacial score (nSPS) is 15.7. The van der Waals surface area contributed by atoms with E-state index in [0.29, 0.717) is 0 Å². The number of halogens is 1. The van der Waals surface area contributed by atoms with E-state index in [1.54, 1.807) is 0 Å². The van der Waals surface area contributed by atoms with Crippen molar-refractivity contribution in [2.45, 2.75) is 19.4 Å². The highest BCUT2D eigenvalue weighted by atomic mass is 35.5. The number of rotatable bonds is 4. The predicted octanol–water partition coefficient (Wildman–Crippen LogP) is 5.34. The van der Waals surface area contributed by atoms with Crippen molar-refractivity contribution in [2.24, 2.45) is 5.92 Å². The molecule has 1 amide bonds. The minimum Gasteiger partial charge on any atom is -0.325 e. The van der Waals surface area contributed by atoms with E-state index in [4.69, 9.17) is 11.6 Å². The molecule has 1 N–H and O–H groups in total. The fourth-order valence-electron chi connectivity index (χ4n) is 3.79. The Morgan fingerprint density at radius 2 is 1.67 bits per heavy atom. The standard InChI is InChI=1S/C23H23ClN2O/c24-21-10-4-2-7-19(21)16-26-14-12-18(13-15-26)23(27)25-22-11-5-8-17-6-1-3-9-20(17)22/h1-11,18H,12-16H2,(H,25,27). The number of benzene rings is 3. The van der Waals surface area contributed by atoms with E-state index in [9.17, 15) is 4.79 Å². The average molecular weight is 379 g/mol. The summed E-state index contributed by atoms with van der Waals surface area (Å²) in [6.45, 7) is 2.68. The number of piperidine rings is 1. The summed E-state index contributed by atoms with van der Waals surface area (Å²) < 4.78 is 0. The van der Waals surface area contributed by atoms with E-state index >= 15 is 0 Å². The Labute approximate surface area is 164 Å². The second-order valence-electron chi connectivity index (χ2n) is 7.16. The van der Waals surface area contributed by atoms with Crippen molar-refractivity contribution in [2.75, 3.05) is 18.4 Å². The zero-order valence-electron chi connectivity index (χ0n) is 15.2. The van der Waals surface area contributed by atoms with Crippen LogP contribution in [0.1, 0.15) is 18.4 Å². The minimum atomic E-state index is 0.0615. The maximum atomic E-state index is 12.8. The van der Waals surface area contributed by atoms with Crippen LogP contribution < -0.4 is 5.32 Å². The van der Waals surface area contributed by atoms with Crippen LogP contribution in [0.25, 0.3) is 10.8 Å². The molecule has 1 aliphatic rings. The number of likely N-dealkylation sites (tertiary alicyclic amines) is 1. The summed E-state index contributed by atoms with van der Waals surface area (Å²) in [5.41, 5.74) is 2.05. The highest BCUT2D eigenvalue weighted by Crippen LogP contribution is 2.26. The predicted molar refractivity (Wildman–Crippen MR) is 112 cm³/mol. The molecule has 0 bridgehead atoms. The molecule has 1 fully saturated rings. The van der Waals surface area contributed by atoms with E-state index in [0.717, 1.165) is 59.5 Å². The van der Waals surface area contributed by atoms with Crippen molar-refractivity contribution < 1.29 is 4.79 Å². The fourth-order valence-corrected chi connectivity index (χ4v) is 3.99. The lowest BCUT2D eigenvalue weighted by Crippen LogP contribution is -2.37. The second kappa shape index (κ2) is 8.12. The van der Waals surface area contributed by atoms with Crippen LogP contribution in [0.5, 0.6) is 0 Å². The van der Waals surface area contributed by atoms with Gasteiger partial charge in [-0.1, -0.05) is 66.2 Å². The molecular weight excluding hydrogens is 356 g/mol. The number of carbonyl (C=O) groups is 1. The molecule has 138 valence electrons. The topological polar surface area (TPSA) is 32.3 Å². The van der Waals surface area contributed by atoms with Gasteiger partial charge in [0.2, 0.25) is 5.91 Å². The van der Waals surface area contributed by atoms with Crippen molar-refractivity contribution in [1.82, 2.24) is 4.90 Å². The summed E-state index contributed by atoms with van der Waals surface area (Å²) in [6, 6.07) is 22.2. The Balaban J connectivity index is 1.37. The first-order valence-corrected chi connectivity index (χ1v) is 9.83. The van der Waals surface area contributed by atoms with Gasteiger partial charge in [0, 0.05) is 28.6 Å². The molecule has 3 aromatic carbocycles. The third kappa shape index (κ3) is 4.15. The average Bonchev–Trinajstić information content (AvgIpc) is 2.70. The molecule has 4 heteroatoms. The fraction of sp³-hybridized carbons (Fsp3) is 0.261. The van der Waals surface area contributed by atoms with Gasteiger partial charge in [0.15, 0.2) is 0 Å². The molecule has 0 aliphatic carbocycles. The Bertz CT molecular complexity index is 943. The Morgan fingerprint density at radius 1 is 0.963 bits per heavy atom. The van der Waals surface area contributed by atoms with Crippen LogP contribution in [0, 0.1) is 5.92 Å². The summed E-state index contributed by atoms with van der Waals surface area (Å²) in [5, 5.41) is 6.19. The SMILES string of the molecule is O=C(Nc1cccc2ccccc12)C1CCN(Cc2ccccc2Cl)CC1. The Morgan fingerprint density at radius 3 is 2.48 bits per heavy atom. The monoisotopic (exact) mass is 378 g/mol. The summed E-state index contributed by atoms with van der Waals surface area (Å²) in [7, 11) is 0. The number of hydrogen-bond acceptors (Lipinski definition) is 2. The van der Waals surface area contributed by atoms with Gasteiger partial charge in [0.25, 0.3) is 0 Å². The van der Waals surface area contributed by atoms with E-state index in [1.165, 1.54) is 0 Å². The maximum Gasteiger partial charge on any atom is 0.227 e. The minimum absolute atomic E-state index is 0.0615. The van der Waals surface area contributed by atoms with Crippen LogP contribution in [0.15, 0.2) is 66.7 Å².